The Labute approximate surface area is 119 Å². The van der Waals surface area contributed by atoms with Gasteiger partial charge in [-0.3, -0.25) is 5.32 Å². The summed E-state index contributed by atoms with van der Waals surface area (Å²) < 4.78 is 6.79. The number of methoxy groups -OCH3 is 1. The number of hydrogen-bond acceptors (Lipinski definition) is 4. The molecule has 0 aliphatic carbocycles. The van der Waals surface area contributed by atoms with Crippen molar-refractivity contribution in [3.05, 3.63) is 42.5 Å². The van der Waals surface area contributed by atoms with Gasteiger partial charge in [0.1, 0.15) is 11.3 Å². The molecule has 2 aromatic carbocycles. The molecule has 0 aliphatic heterocycles. The van der Waals surface area contributed by atoms with E-state index in [0.717, 1.165) is 5.52 Å². The summed E-state index contributed by atoms with van der Waals surface area (Å²) in [6.07, 6.45) is -1.11. The van der Waals surface area contributed by atoms with Gasteiger partial charge in [-0.1, -0.05) is 11.3 Å². The van der Waals surface area contributed by atoms with Gasteiger partial charge in [-0.2, -0.15) is 0 Å². The van der Waals surface area contributed by atoms with Gasteiger partial charge in [0.25, 0.3) is 0 Å². The molecule has 3 rings (SSSR count). The molecule has 0 saturated heterocycles. The average Bonchev–Trinajstić information content (AvgIpc) is 2.89. The number of rotatable bonds is 3. The van der Waals surface area contributed by atoms with Crippen LogP contribution in [0.2, 0.25) is 0 Å². The fraction of sp³-hybridized carbons (Fsp3) is 0.0714. The van der Waals surface area contributed by atoms with Gasteiger partial charge >= 0.3 is 6.09 Å². The minimum Gasteiger partial charge on any atom is -0.497 e. The number of amides is 1. The smallest absolute Gasteiger partial charge is 0.409 e. The largest absolute Gasteiger partial charge is 0.497 e. The Morgan fingerprint density at radius 3 is 2.90 bits per heavy atom. The molecule has 7 heteroatoms. The second-order valence-electron chi connectivity index (χ2n) is 4.34. The summed E-state index contributed by atoms with van der Waals surface area (Å²) >= 11 is 0. The van der Waals surface area contributed by atoms with Crippen LogP contribution in [0.4, 0.5) is 10.5 Å². The third-order valence-corrected chi connectivity index (χ3v) is 2.99. The van der Waals surface area contributed by atoms with Crippen molar-refractivity contribution in [3.8, 4) is 11.4 Å². The zero-order valence-corrected chi connectivity index (χ0v) is 11.1. The Kier molecular flexibility index (Phi) is 3.15. The first-order valence-corrected chi connectivity index (χ1v) is 6.17. The summed E-state index contributed by atoms with van der Waals surface area (Å²) in [5, 5.41) is 19.3. The number of nitrogens with zero attached hydrogens (tertiary/aromatic N) is 3. The molecule has 21 heavy (non-hydrogen) atoms. The summed E-state index contributed by atoms with van der Waals surface area (Å²) in [5.74, 6) is 0.704. The predicted octanol–water partition coefficient (Wildman–Crippen LogP) is 2.52. The molecule has 0 radical (unpaired) electrons. The zero-order valence-electron chi connectivity index (χ0n) is 11.1. The van der Waals surface area contributed by atoms with Gasteiger partial charge in [-0.05, 0) is 30.3 Å². The van der Waals surface area contributed by atoms with E-state index in [1.54, 1.807) is 36.1 Å². The van der Waals surface area contributed by atoms with E-state index >= 15 is 0 Å². The van der Waals surface area contributed by atoms with E-state index < -0.39 is 6.09 Å². The lowest BCUT2D eigenvalue weighted by Gasteiger charge is -2.06. The molecule has 0 saturated carbocycles. The van der Waals surface area contributed by atoms with Crippen LogP contribution in [0.15, 0.2) is 42.5 Å². The molecule has 0 bridgehead atoms. The summed E-state index contributed by atoms with van der Waals surface area (Å²) in [6, 6.07) is 12.4. The highest BCUT2D eigenvalue weighted by atomic mass is 16.5. The van der Waals surface area contributed by atoms with Gasteiger partial charge in [-0.25, -0.2) is 9.48 Å². The van der Waals surface area contributed by atoms with E-state index in [1.165, 1.54) is 0 Å². The lowest BCUT2D eigenvalue weighted by Crippen LogP contribution is -2.07. The summed E-state index contributed by atoms with van der Waals surface area (Å²) in [4.78, 5) is 10.7. The molecule has 106 valence electrons. The molecule has 0 fully saturated rings. The molecule has 1 aromatic heterocycles. The standard InChI is InChI=1S/C14H12N4O3/c1-21-11-5-6-13-12(8-11)16-17-18(13)10-4-2-3-9(7-10)15-14(19)20/h2-8,15H,1H3,(H,19,20). The quantitative estimate of drug-likeness (QED) is 0.771. The Balaban J connectivity index is 2.06. The third kappa shape index (κ3) is 2.48. The van der Waals surface area contributed by atoms with Crippen molar-refractivity contribution in [3.63, 3.8) is 0 Å². The Morgan fingerprint density at radius 2 is 2.14 bits per heavy atom. The lowest BCUT2D eigenvalue weighted by molar-refractivity contribution is 0.210. The van der Waals surface area contributed by atoms with Crippen LogP contribution in [0.3, 0.4) is 0 Å². The van der Waals surface area contributed by atoms with E-state index in [1.807, 2.05) is 18.2 Å². The molecular weight excluding hydrogens is 272 g/mol. The molecule has 0 spiro atoms. The van der Waals surface area contributed by atoms with E-state index in [0.29, 0.717) is 22.6 Å². The molecule has 1 amide bonds. The summed E-state index contributed by atoms with van der Waals surface area (Å²) in [7, 11) is 1.59. The van der Waals surface area contributed by atoms with Gasteiger partial charge in [0.15, 0.2) is 0 Å². The van der Waals surface area contributed by atoms with Gasteiger partial charge in [-0.15, -0.1) is 5.10 Å². The van der Waals surface area contributed by atoms with Crippen molar-refractivity contribution in [2.45, 2.75) is 0 Å². The Bertz CT molecular complexity index is 813. The number of aromatic nitrogens is 3. The van der Waals surface area contributed by atoms with Crippen molar-refractivity contribution < 1.29 is 14.6 Å². The van der Waals surface area contributed by atoms with E-state index in [4.69, 9.17) is 9.84 Å². The number of nitrogens with one attached hydrogen (secondary N) is 1. The Morgan fingerprint density at radius 1 is 1.29 bits per heavy atom. The normalized spacial score (nSPS) is 10.5. The molecule has 2 N–H and O–H groups in total. The topological polar surface area (TPSA) is 89.3 Å². The lowest BCUT2D eigenvalue weighted by atomic mass is 10.2. The van der Waals surface area contributed by atoms with Crippen molar-refractivity contribution >= 4 is 22.8 Å². The fourth-order valence-electron chi connectivity index (χ4n) is 2.06. The number of fused-ring (bicyclic) bond motifs is 1. The second kappa shape index (κ2) is 5.12. The molecule has 0 unspecified atom stereocenters. The van der Waals surface area contributed by atoms with Crippen LogP contribution < -0.4 is 10.1 Å². The van der Waals surface area contributed by atoms with Crippen LogP contribution in [0.5, 0.6) is 5.75 Å². The van der Waals surface area contributed by atoms with Crippen molar-refractivity contribution in [1.29, 1.82) is 0 Å². The van der Waals surface area contributed by atoms with E-state index in [9.17, 15) is 4.79 Å². The van der Waals surface area contributed by atoms with Crippen molar-refractivity contribution in [2.75, 3.05) is 12.4 Å². The second-order valence-corrected chi connectivity index (χ2v) is 4.34. The maximum Gasteiger partial charge on any atom is 0.409 e. The fourth-order valence-corrected chi connectivity index (χ4v) is 2.06. The van der Waals surface area contributed by atoms with Crippen LogP contribution in [-0.2, 0) is 0 Å². The highest BCUT2D eigenvalue weighted by molar-refractivity contribution is 5.83. The highest BCUT2D eigenvalue weighted by Crippen LogP contribution is 2.22. The number of benzene rings is 2. The first kappa shape index (κ1) is 12.9. The first-order chi connectivity index (χ1) is 10.2. The zero-order chi connectivity index (χ0) is 14.8. The minimum atomic E-state index is -1.11. The summed E-state index contributed by atoms with van der Waals surface area (Å²) in [6.45, 7) is 0. The third-order valence-electron chi connectivity index (χ3n) is 2.99. The van der Waals surface area contributed by atoms with Crippen molar-refractivity contribution in [2.24, 2.45) is 0 Å². The van der Waals surface area contributed by atoms with Gasteiger partial charge < -0.3 is 9.84 Å². The van der Waals surface area contributed by atoms with Crippen LogP contribution in [0.1, 0.15) is 0 Å². The van der Waals surface area contributed by atoms with Crippen LogP contribution in [-0.4, -0.2) is 33.3 Å². The number of carboxylic acid groups (broad SMARTS) is 1. The first-order valence-electron chi connectivity index (χ1n) is 6.17. The molecule has 0 aliphatic rings. The van der Waals surface area contributed by atoms with E-state index in [2.05, 4.69) is 15.6 Å². The molecule has 3 aromatic rings. The monoisotopic (exact) mass is 284 g/mol. The van der Waals surface area contributed by atoms with Gasteiger partial charge in [0, 0.05) is 11.8 Å². The van der Waals surface area contributed by atoms with Crippen LogP contribution >= 0.6 is 0 Å². The number of hydrogen-bond donors (Lipinski definition) is 2. The average molecular weight is 284 g/mol. The predicted molar refractivity (Wildman–Crippen MR) is 77.1 cm³/mol. The van der Waals surface area contributed by atoms with Crippen molar-refractivity contribution in [1.82, 2.24) is 15.0 Å². The van der Waals surface area contributed by atoms with Crippen LogP contribution in [0, 0.1) is 0 Å². The molecule has 0 atom stereocenters. The highest BCUT2D eigenvalue weighted by Gasteiger charge is 2.08. The molecule has 7 nitrogen and oxygen atoms in total. The SMILES string of the molecule is COc1ccc2c(c1)nnn2-c1cccc(NC(=O)O)c1. The minimum absolute atomic E-state index is 0.470. The van der Waals surface area contributed by atoms with Gasteiger partial charge in [0.2, 0.25) is 0 Å². The van der Waals surface area contributed by atoms with Gasteiger partial charge in [0.05, 0.1) is 18.3 Å². The number of carbonyl (C=O) groups is 1. The number of anilines is 1. The summed E-state index contributed by atoms with van der Waals surface area (Å²) in [5.41, 5.74) is 2.69. The number of ether oxygens (including phenoxy) is 1. The van der Waals surface area contributed by atoms with E-state index in [-0.39, 0.29) is 0 Å². The Hall–Kier alpha value is -3.09. The molecular formula is C14H12N4O3. The maximum absolute atomic E-state index is 10.7. The van der Waals surface area contributed by atoms with Crippen LogP contribution in [0.25, 0.3) is 16.7 Å². The molecule has 1 heterocycles. The maximum atomic E-state index is 10.7.